The highest BCUT2D eigenvalue weighted by Gasteiger charge is 2.45. The fourth-order valence-corrected chi connectivity index (χ4v) is 3.63. The maximum Gasteiger partial charge on any atom is 0.411 e. The van der Waals surface area contributed by atoms with Crippen molar-refractivity contribution in [2.45, 2.75) is 83.8 Å². The average Bonchev–Trinajstić information content (AvgIpc) is 2.68. The van der Waals surface area contributed by atoms with Crippen LogP contribution in [0.5, 0.6) is 0 Å². The van der Waals surface area contributed by atoms with Crippen LogP contribution in [-0.4, -0.2) is 49.5 Å². The van der Waals surface area contributed by atoms with Crippen molar-refractivity contribution < 1.29 is 18.8 Å². The van der Waals surface area contributed by atoms with Crippen molar-refractivity contribution in [1.82, 2.24) is 4.90 Å². The molecule has 0 saturated carbocycles. The molecule has 0 aromatic heterocycles. The molecular weight excluding hydrogens is 312 g/mol. The van der Waals surface area contributed by atoms with Gasteiger partial charge in [0.15, 0.2) is 8.32 Å². The van der Waals surface area contributed by atoms with Gasteiger partial charge in [0.1, 0.15) is 11.6 Å². The van der Waals surface area contributed by atoms with Crippen LogP contribution >= 0.6 is 0 Å². The quantitative estimate of drug-likeness (QED) is 0.798. The predicted molar refractivity (Wildman–Crippen MR) is 92.6 cm³/mol. The third-order valence-electron chi connectivity index (χ3n) is 4.49. The van der Waals surface area contributed by atoms with Gasteiger partial charge >= 0.3 is 6.09 Å². The van der Waals surface area contributed by atoms with E-state index in [-0.39, 0.29) is 11.1 Å². The first kappa shape index (κ1) is 20.0. The summed E-state index contributed by atoms with van der Waals surface area (Å²) in [5.74, 6) is -0.516. The zero-order valence-corrected chi connectivity index (χ0v) is 16.7. The summed E-state index contributed by atoms with van der Waals surface area (Å²) in [5.41, 5.74) is 4.86. The first-order chi connectivity index (χ1) is 10.1. The van der Waals surface area contributed by atoms with Crippen LogP contribution in [0.1, 0.15) is 48.0 Å². The van der Waals surface area contributed by atoms with E-state index in [9.17, 15) is 9.59 Å². The molecule has 1 heterocycles. The lowest BCUT2D eigenvalue weighted by Gasteiger charge is -2.38. The number of carbonyl (C=O) groups is 2. The van der Waals surface area contributed by atoms with Crippen LogP contribution in [-0.2, 0) is 14.0 Å². The highest BCUT2D eigenvalue weighted by atomic mass is 28.4. The Bertz CT molecular complexity index is 466. The van der Waals surface area contributed by atoms with E-state index in [1.54, 1.807) is 20.8 Å². The van der Waals surface area contributed by atoms with Gasteiger partial charge in [0.05, 0.1) is 6.10 Å². The van der Waals surface area contributed by atoms with Gasteiger partial charge in [0.25, 0.3) is 0 Å². The Labute approximate surface area is 140 Å². The van der Waals surface area contributed by atoms with Crippen LogP contribution in [0.4, 0.5) is 4.79 Å². The van der Waals surface area contributed by atoms with Crippen LogP contribution in [0.25, 0.3) is 0 Å². The first-order valence-corrected chi connectivity index (χ1v) is 11.0. The lowest BCUT2D eigenvalue weighted by Crippen LogP contribution is -2.46. The first-order valence-electron chi connectivity index (χ1n) is 8.11. The summed E-state index contributed by atoms with van der Waals surface area (Å²) in [7, 11) is -1.98. The summed E-state index contributed by atoms with van der Waals surface area (Å²) < 4.78 is 11.7. The Kier molecular flexibility index (Phi) is 5.58. The number of nitrogens with two attached hydrogens (primary N) is 1. The SMILES string of the molecule is CC(C)(C)OC(=O)N1C[C@H](O[Si](C)(C)C(C)(C)C)C[C@H]1C(N)=O. The molecule has 1 rings (SSSR count). The molecule has 0 bridgehead atoms. The van der Waals surface area contributed by atoms with Crippen molar-refractivity contribution in [3.63, 3.8) is 0 Å². The van der Waals surface area contributed by atoms with Gasteiger partial charge in [0, 0.05) is 13.0 Å². The summed E-state index contributed by atoms with van der Waals surface area (Å²) in [6.45, 7) is 16.5. The molecule has 6 nitrogen and oxygen atoms in total. The molecule has 0 unspecified atom stereocenters. The molecule has 134 valence electrons. The standard InChI is InChI=1S/C16H32N2O4Si/c1-15(2,3)21-14(20)18-10-11(9-12(18)13(17)19)22-23(7,8)16(4,5)6/h11-12H,9-10H2,1-8H3,(H2,17,19)/t11-,12+/m1/s1. The van der Waals surface area contributed by atoms with Gasteiger partial charge in [-0.25, -0.2) is 4.79 Å². The molecule has 1 aliphatic heterocycles. The number of amides is 2. The lowest BCUT2D eigenvalue weighted by atomic mass is 10.2. The molecule has 1 fully saturated rings. The van der Waals surface area contributed by atoms with Gasteiger partial charge < -0.3 is 14.9 Å². The second kappa shape index (κ2) is 6.43. The lowest BCUT2D eigenvalue weighted by molar-refractivity contribution is -0.122. The van der Waals surface area contributed by atoms with E-state index in [2.05, 4.69) is 33.9 Å². The zero-order chi connectivity index (χ0) is 18.2. The number of carbonyl (C=O) groups excluding carboxylic acids is 2. The number of primary amides is 1. The largest absolute Gasteiger partial charge is 0.444 e. The maximum absolute atomic E-state index is 12.3. The second-order valence-corrected chi connectivity index (χ2v) is 13.5. The van der Waals surface area contributed by atoms with E-state index in [0.29, 0.717) is 13.0 Å². The minimum Gasteiger partial charge on any atom is -0.444 e. The fraction of sp³-hybridized carbons (Fsp3) is 0.875. The molecular formula is C16H32N2O4Si. The fourth-order valence-electron chi connectivity index (χ4n) is 2.27. The number of hydrogen-bond donors (Lipinski definition) is 1. The molecule has 7 heteroatoms. The predicted octanol–water partition coefficient (Wildman–Crippen LogP) is 2.87. The molecule has 0 aromatic rings. The van der Waals surface area contributed by atoms with Crippen LogP contribution in [0.15, 0.2) is 0 Å². The Morgan fingerprint density at radius 2 is 1.65 bits per heavy atom. The van der Waals surface area contributed by atoms with Gasteiger partial charge in [0.2, 0.25) is 5.91 Å². The molecule has 2 N–H and O–H groups in total. The second-order valence-electron chi connectivity index (χ2n) is 8.79. The zero-order valence-electron chi connectivity index (χ0n) is 15.7. The van der Waals surface area contributed by atoms with Crippen molar-refractivity contribution in [1.29, 1.82) is 0 Å². The third-order valence-corrected chi connectivity index (χ3v) is 9.02. The molecule has 0 aromatic carbocycles. The van der Waals surface area contributed by atoms with Crippen LogP contribution in [0, 0.1) is 0 Å². The van der Waals surface area contributed by atoms with Crippen molar-refractivity contribution in [2.24, 2.45) is 5.73 Å². The number of hydrogen-bond acceptors (Lipinski definition) is 4. The van der Waals surface area contributed by atoms with E-state index < -0.39 is 32.0 Å². The van der Waals surface area contributed by atoms with Crippen molar-refractivity contribution >= 4 is 20.3 Å². The van der Waals surface area contributed by atoms with Gasteiger partial charge in [-0.3, -0.25) is 9.69 Å². The van der Waals surface area contributed by atoms with E-state index in [1.165, 1.54) is 4.90 Å². The van der Waals surface area contributed by atoms with E-state index in [0.717, 1.165) is 0 Å². The average molecular weight is 345 g/mol. The number of nitrogens with zero attached hydrogens (tertiary/aromatic N) is 1. The van der Waals surface area contributed by atoms with Crippen molar-refractivity contribution in [3.05, 3.63) is 0 Å². The van der Waals surface area contributed by atoms with Crippen molar-refractivity contribution in [2.75, 3.05) is 6.54 Å². The topological polar surface area (TPSA) is 81.9 Å². The summed E-state index contributed by atoms with van der Waals surface area (Å²) >= 11 is 0. The van der Waals surface area contributed by atoms with Gasteiger partial charge in [-0.2, -0.15) is 0 Å². The molecule has 2 amide bonds. The van der Waals surface area contributed by atoms with E-state index >= 15 is 0 Å². The molecule has 1 aliphatic rings. The Hall–Kier alpha value is -1.08. The number of likely N-dealkylation sites (tertiary alicyclic amines) is 1. The highest BCUT2D eigenvalue weighted by molar-refractivity contribution is 6.74. The Morgan fingerprint density at radius 1 is 1.13 bits per heavy atom. The minimum absolute atomic E-state index is 0.0640. The third kappa shape index (κ3) is 5.21. The molecule has 0 spiro atoms. The summed E-state index contributed by atoms with van der Waals surface area (Å²) in [6, 6.07) is -0.667. The highest BCUT2D eigenvalue weighted by Crippen LogP contribution is 2.39. The summed E-state index contributed by atoms with van der Waals surface area (Å²) in [4.78, 5) is 25.5. The Balaban J connectivity index is 2.87. The van der Waals surface area contributed by atoms with Gasteiger partial charge in [-0.15, -0.1) is 0 Å². The van der Waals surface area contributed by atoms with Gasteiger partial charge in [-0.1, -0.05) is 20.8 Å². The Morgan fingerprint density at radius 3 is 2.04 bits per heavy atom. The van der Waals surface area contributed by atoms with Crippen molar-refractivity contribution in [3.8, 4) is 0 Å². The number of rotatable bonds is 3. The van der Waals surface area contributed by atoms with Crippen LogP contribution < -0.4 is 5.73 Å². The summed E-state index contributed by atoms with van der Waals surface area (Å²) in [6.07, 6.45) is -0.260. The molecule has 23 heavy (non-hydrogen) atoms. The molecule has 0 radical (unpaired) electrons. The van der Waals surface area contributed by atoms with E-state index in [1.807, 2.05) is 0 Å². The normalized spacial score (nSPS) is 23.0. The monoisotopic (exact) mass is 344 g/mol. The maximum atomic E-state index is 12.3. The van der Waals surface area contributed by atoms with E-state index in [4.69, 9.17) is 14.9 Å². The van der Waals surface area contributed by atoms with Crippen LogP contribution in [0.3, 0.4) is 0 Å². The smallest absolute Gasteiger partial charge is 0.411 e. The minimum atomic E-state index is -1.98. The molecule has 2 atom stereocenters. The molecule has 1 saturated heterocycles. The number of ether oxygens (including phenoxy) is 1. The molecule has 0 aliphatic carbocycles. The summed E-state index contributed by atoms with van der Waals surface area (Å²) in [5, 5.41) is 0.0640. The van der Waals surface area contributed by atoms with Crippen LogP contribution in [0.2, 0.25) is 18.1 Å². The van der Waals surface area contributed by atoms with Gasteiger partial charge in [-0.05, 0) is 38.9 Å².